The molecule has 64 valence electrons. The molecular formula is C8H18N2Si. The van der Waals surface area contributed by atoms with E-state index in [0.29, 0.717) is 0 Å². The number of hydrogen-bond acceptors (Lipinski definition) is 2. The summed E-state index contributed by atoms with van der Waals surface area (Å²) in [7, 11) is -1.26. The summed E-state index contributed by atoms with van der Waals surface area (Å²) in [5.41, 5.74) is 0. The molecule has 0 saturated heterocycles. The first-order valence-electron chi connectivity index (χ1n) is 4.09. The van der Waals surface area contributed by atoms with Crippen LogP contribution in [0, 0.1) is 11.3 Å². The molecule has 0 saturated carbocycles. The molecule has 0 aliphatic carbocycles. The fourth-order valence-electron chi connectivity index (χ4n) is 1.40. The summed E-state index contributed by atoms with van der Waals surface area (Å²) in [6, 6.07) is 2.36. The molecule has 0 amide bonds. The highest BCUT2D eigenvalue weighted by molar-refractivity contribution is 6.73. The molecular weight excluding hydrogens is 152 g/mol. The van der Waals surface area contributed by atoms with E-state index >= 15 is 0 Å². The summed E-state index contributed by atoms with van der Waals surface area (Å²) in [6.07, 6.45) is 0. The quantitative estimate of drug-likeness (QED) is 0.606. The predicted octanol–water partition coefficient (Wildman–Crippen LogP) is 2.06. The molecule has 1 unspecified atom stereocenters. The minimum Gasteiger partial charge on any atom is -0.310 e. The predicted molar refractivity (Wildman–Crippen MR) is 50.8 cm³/mol. The van der Waals surface area contributed by atoms with Gasteiger partial charge >= 0.3 is 0 Å². The van der Waals surface area contributed by atoms with Crippen LogP contribution >= 0.6 is 0 Å². The molecule has 0 aliphatic heterocycles. The molecule has 3 heteroatoms. The largest absolute Gasteiger partial charge is 0.310 e. The minimum absolute atomic E-state index is 0.0756. The Bertz CT molecular complexity index is 154. The van der Waals surface area contributed by atoms with Gasteiger partial charge in [-0.25, -0.2) is 0 Å². The van der Waals surface area contributed by atoms with Crippen molar-refractivity contribution in [2.75, 3.05) is 6.54 Å². The van der Waals surface area contributed by atoms with Crippen molar-refractivity contribution in [2.45, 2.75) is 39.5 Å². The van der Waals surface area contributed by atoms with E-state index in [-0.39, 0.29) is 6.04 Å². The molecule has 0 aromatic rings. The third-order valence-corrected chi connectivity index (χ3v) is 4.28. The van der Waals surface area contributed by atoms with Gasteiger partial charge in [-0.05, 0) is 13.5 Å². The monoisotopic (exact) mass is 170 g/mol. The second kappa shape index (κ2) is 3.89. The third-order valence-electron chi connectivity index (χ3n) is 1.86. The summed E-state index contributed by atoms with van der Waals surface area (Å²) in [4.78, 5) is 0. The van der Waals surface area contributed by atoms with Gasteiger partial charge in [-0.15, -0.1) is 0 Å². The first-order chi connectivity index (χ1) is 4.93. The summed E-state index contributed by atoms with van der Waals surface area (Å²) in [5.74, 6) is 0. The van der Waals surface area contributed by atoms with Crippen molar-refractivity contribution in [3.63, 3.8) is 0 Å². The van der Waals surface area contributed by atoms with Crippen LogP contribution in [0.1, 0.15) is 13.8 Å². The molecule has 0 N–H and O–H groups in total. The summed E-state index contributed by atoms with van der Waals surface area (Å²) in [5, 5.41) is 8.73. The zero-order chi connectivity index (χ0) is 9.07. The van der Waals surface area contributed by atoms with Gasteiger partial charge in [0.2, 0.25) is 0 Å². The van der Waals surface area contributed by atoms with E-state index < -0.39 is 8.24 Å². The van der Waals surface area contributed by atoms with Gasteiger partial charge in [-0.3, -0.25) is 0 Å². The van der Waals surface area contributed by atoms with Crippen LogP contribution in [-0.2, 0) is 0 Å². The molecule has 1 atom stereocenters. The Morgan fingerprint density at radius 3 is 2.00 bits per heavy atom. The van der Waals surface area contributed by atoms with Crippen LogP contribution in [0.3, 0.4) is 0 Å². The highest BCUT2D eigenvalue weighted by atomic mass is 28.3. The van der Waals surface area contributed by atoms with Crippen molar-refractivity contribution in [3.05, 3.63) is 0 Å². The van der Waals surface area contributed by atoms with E-state index in [4.69, 9.17) is 5.26 Å². The average molecular weight is 170 g/mol. The maximum atomic E-state index is 8.73. The molecule has 0 aromatic heterocycles. The fraction of sp³-hybridized carbons (Fsp3) is 0.875. The van der Waals surface area contributed by atoms with Gasteiger partial charge in [0.25, 0.3) is 0 Å². The lowest BCUT2D eigenvalue weighted by atomic mass is 10.4. The van der Waals surface area contributed by atoms with Crippen molar-refractivity contribution in [3.8, 4) is 6.07 Å². The molecule has 2 nitrogen and oxygen atoms in total. The fourth-order valence-corrected chi connectivity index (χ4v) is 3.57. The topological polar surface area (TPSA) is 27.0 Å². The van der Waals surface area contributed by atoms with Crippen LogP contribution in [-0.4, -0.2) is 25.4 Å². The maximum Gasteiger partial charge on any atom is 0.120 e. The standard InChI is InChI=1S/C8H18N2Si/c1-6-10(8(2)7-9)11(3,4)5/h8H,6H2,1-5H3. The van der Waals surface area contributed by atoms with Crippen molar-refractivity contribution in [1.82, 2.24) is 4.57 Å². The van der Waals surface area contributed by atoms with E-state index in [9.17, 15) is 0 Å². The number of nitriles is 1. The SMILES string of the molecule is CCN(C(C)C#N)[Si](C)(C)C. The van der Waals surface area contributed by atoms with Crippen LogP contribution in [0.2, 0.25) is 19.6 Å². The molecule has 11 heavy (non-hydrogen) atoms. The second-order valence-electron chi connectivity index (χ2n) is 3.76. The van der Waals surface area contributed by atoms with Crippen LogP contribution in [0.5, 0.6) is 0 Å². The van der Waals surface area contributed by atoms with Crippen molar-refractivity contribution < 1.29 is 0 Å². The molecule has 0 fully saturated rings. The normalized spacial score (nSPS) is 14.6. The highest BCUT2D eigenvalue weighted by Crippen LogP contribution is 2.12. The lowest BCUT2D eigenvalue weighted by Gasteiger charge is -2.34. The first kappa shape index (κ1) is 10.7. The first-order valence-corrected chi connectivity index (χ1v) is 7.54. The van der Waals surface area contributed by atoms with Crippen molar-refractivity contribution in [1.29, 1.82) is 5.26 Å². The van der Waals surface area contributed by atoms with E-state index in [0.717, 1.165) is 6.54 Å². The molecule has 0 radical (unpaired) electrons. The maximum absolute atomic E-state index is 8.73. The van der Waals surface area contributed by atoms with Crippen LogP contribution in [0.4, 0.5) is 0 Å². The van der Waals surface area contributed by atoms with Crippen LogP contribution < -0.4 is 0 Å². The van der Waals surface area contributed by atoms with Crippen molar-refractivity contribution >= 4 is 8.24 Å². The van der Waals surface area contributed by atoms with Gasteiger partial charge in [-0.2, -0.15) is 5.26 Å². The Hall–Kier alpha value is -0.333. The summed E-state index contributed by atoms with van der Waals surface area (Å²) >= 11 is 0. The molecule has 0 aromatic carbocycles. The smallest absolute Gasteiger partial charge is 0.120 e. The highest BCUT2D eigenvalue weighted by Gasteiger charge is 2.26. The number of nitrogens with zero attached hydrogens (tertiary/aromatic N) is 2. The van der Waals surface area contributed by atoms with Crippen LogP contribution in [0.15, 0.2) is 0 Å². The zero-order valence-electron chi connectivity index (χ0n) is 8.18. The average Bonchev–Trinajstić information content (AvgIpc) is 1.86. The van der Waals surface area contributed by atoms with Gasteiger partial charge in [0.15, 0.2) is 0 Å². The van der Waals surface area contributed by atoms with E-state index in [2.05, 4.69) is 37.2 Å². The Morgan fingerprint density at radius 1 is 1.45 bits per heavy atom. The molecule has 0 aliphatic rings. The van der Waals surface area contributed by atoms with E-state index in [1.807, 2.05) is 6.92 Å². The van der Waals surface area contributed by atoms with Crippen LogP contribution in [0.25, 0.3) is 0 Å². The second-order valence-corrected chi connectivity index (χ2v) is 8.68. The number of hydrogen-bond donors (Lipinski definition) is 0. The van der Waals surface area contributed by atoms with Gasteiger partial charge < -0.3 is 4.57 Å². The molecule has 0 bridgehead atoms. The zero-order valence-corrected chi connectivity index (χ0v) is 9.18. The van der Waals surface area contributed by atoms with Gasteiger partial charge in [0, 0.05) is 0 Å². The minimum atomic E-state index is -1.26. The lowest BCUT2D eigenvalue weighted by Crippen LogP contribution is -2.50. The number of rotatable bonds is 3. The van der Waals surface area contributed by atoms with Gasteiger partial charge in [0.05, 0.1) is 12.1 Å². The van der Waals surface area contributed by atoms with E-state index in [1.54, 1.807) is 0 Å². The summed E-state index contributed by atoms with van der Waals surface area (Å²) in [6.45, 7) is 11.9. The molecule has 0 rings (SSSR count). The van der Waals surface area contributed by atoms with Crippen molar-refractivity contribution in [2.24, 2.45) is 0 Å². The Balaban J connectivity index is 4.31. The van der Waals surface area contributed by atoms with Gasteiger partial charge in [0.1, 0.15) is 8.24 Å². The summed E-state index contributed by atoms with van der Waals surface area (Å²) < 4.78 is 2.31. The Kier molecular flexibility index (Phi) is 3.77. The molecule has 0 spiro atoms. The Labute approximate surface area is 70.9 Å². The molecule has 0 heterocycles. The van der Waals surface area contributed by atoms with Gasteiger partial charge in [-0.1, -0.05) is 26.6 Å². The van der Waals surface area contributed by atoms with E-state index in [1.165, 1.54) is 0 Å². The lowest BCUT2D eigenvalue weighted by molar-refractivity contribution is 0.407. The third kappa shape index (κ3) is 3.04. The Morgan fingerprint density at radius 2 is 1.91 bits per heavy atom.